The quantitative estimate of drug-likeness (QED) is 0.298. The van der Waals surface area contributed by atoms with E-state index in [4.69, 9.17) is 14.9 Å². The van der Waals surface area contributed by atoms with Crippen molar-refractivity contribution >= 4 is 11.7 Å². The van der Waals surface area contributed by atoms with E-state index >= 15 is 0 Å². The van der Waals surface area contributed by atoms with Gasteiger partial charge in [0, 0.05) is 24.2 Å². The predicted molar refractivity (Wildman–Crippen MR) is 166 cm³/mol. The Morgan fingerprint density at radius 1 is 1.12 bits per heavy atom. The maximum absolute atomic E-state index is 13.0. The first-order valence-electron chi connectivity index (χ1n) is 17.0. The maximum Gasteiger partial charge on any atom is 0.320 e. The Labute approximate surface area is 253 Å². The zero-order chi connectivity index (χ0) is 29.2. The third kappa shape index (κ3) is 4.82. The van der Waals surface area contributed by atoms with Crippen molar-refractivity contribution in [1.82, 2.24) is 4.90 Å². The highest BCUT2D eigenvalue weighted by Gasteiger charge is 2.60. The molecule has 5 nitrogen and oxygen atoms in total. The SMILES string of the molecule is CC1=C2C[C@H]3[C@@H](CC[C@@H]4CC(=N)CC[C@@]43C)[C@@H]2CC[C@@]2(C1)O[C@@H]1C[C@H](C)CN(CC(=O)OCc3ccccc3)[C@H]1[C@H]2C. The number of hydrogen-bond donors (Lipinski definition) is 1. The zero-order valence-corrected chi connectivity index (χ0v) is 26.4. The van der Waals surface area contributed by atoms with Gasteiger partial charge in [-0.15, -0.1) is 0 Å². The molecule has 5 fully saturated rings. The van der Waals surface area contributed by atoms with Gasteiger partial charge < -0.3 is 14.9 Å². The third-order valence-corrected chi connectivity index (χ3v) is 13.3. The Kier molecular flexibility index (Phi) is 7.45. The Morgan fingerprint density at radius 2 is 1.93 bits per heavy atom. The minimum atomic E-state index is -0.124. The van der Waals surface area contributed by atoms with Crippen molar-refractivity contribution < 1.29 is 14.3 Å². The van der Waals surface area contributed by atoms with Gasteiger partial charge in [0.15, 0.2) is 0 Å². The highest BCUT2D eigenvalue weighted by molar-refractivity contribution is 5.82. The van der Waals surface area contributed by atoms with E-state index in [0.29, 0.717) is 30.4 Å². The second-order valence-corrected chi connectivity index (χ2v) is 15.6. The second kappa shape index (κ2) is 10.9. The zero-order valence-electron chi connectivity index (χ0n) is 26.4. The topological polar surface area (TPSA) is 62.6 Å². The van der Waals surface area contributed by atoms with E-state index in [1.165, 1.54) is 32.1 Å². The second-order valence-electron chi connectivity index (χ2n) is 15.6. The number of rotatable bonds is 4. The molecule has 1 N–H and O–H groups in total. The van der Waals surface area contributed by atoms with Gasteiger partial charge in [0.25, 0.3) is 0 Å². The Morgan fingerprint density at radius 3 is 2.74 bits per heavy atom. The highest BCUT2D eigenvalue weighted by atomic mass is 16.5. The van der Waals surface area contributed by atoms with Gasteiger partial charge in [-0.05, 0) is 112 Å². The van der Waals surface area contributed by atoms with Crippen molar-refractivity contribution in [3.05, 3.63) is 47.0 Å². The number of esters is 1. The number of hydrogen-bond acceptors (Lipinski definition) is 5. The molecule has 5 heteroatoms. The van der Waals surface area contributed by atoms with Gasteiger partial charge in [0.05, 0.1) is 18.2 Å². The molecule has 2 heterocycles. The van der Waals surface area contributed by atoms with Gasteiger partial charge in [-0.25, -0.2) is 0 Å². The first kappa shape index (κ1) is 28.8. The number of likely N-dealkylation sites (tertiary alicyclic amines) is 1. The predicted octanol–water partition coefficient (Wildman–Crippen LogP) is 7.59. The lowest BCUT2D eigenvalue weighted by atomic mass is 9.52. The van der Waals surface area contributed by atoms with Crippen molar-refractivity contribution in [2.75, 3.05) is 13.1 Å². The van der Waals surface area contributed by atoms with Crippen LogP contribution in [0.5, 0.6) is 0 Å². The Hall–Kier alpha value is -1.98. The highest BCUT2D eigenvalue weighted by Crippen LogP contribution is 2.65. The van der Waals surface area contributed by atoms with Gasteiger partial charge in [0.1, 0.15) is 6.61 Å². The summed E-state index contributed by atoms with van der Waals surface area (Å²) in [6.45, 7) is 11.4. The van der Waals surface area contributed by atoms with Crippen LogP contribution >= 0.6 is 0 Å². The van der Waals surface area contributed by atoms with Crippen LogP contribution in [0.15, 0.2) is 41.5 Å². The van der Waals surface area contributed by atoms with Crippen LogP contribution in [-0.4, -0.2) is 47.4 Å². The molecule has 0 bridgehead atoms. The lowest BCUT2D eigenvalue weighted by Crippen LogP contribution is -2.53. The van der Waals surface area contributed by atoms with Gasteiger partial charge in [-0.2, -0.15) is 0 Å². The molecule has 42 heavy (non-hydrogen) atoms. The largest absolute Gasteiger partial charge is 0.460 e. The van der Waals surface area contributed by atoms with E-state index in [9.17, 15) is 4.79 Å². The molecule has 1 spiro atoms. The fraction of sp³-hybridized carbons (Fsp3) is 0.730. The number of carbonyl (C=O) groups is 1. The summed E-state index contributed by atoms with van der Waals surface area (Å²) in [6.07, 6.45) is 12.0. The van der Waals surface area contributed by atoms with Crippen molar-refractivity contribution in [2.24, 2.45) is 40.9 Å². The molecule has 1 aromatic rings. The molecule has 6 aliphatic rings. The average Bonchev–Trinajstić information content (AvgIpc) is 3.43. The van der Waals surface area contributed by atoms with E-state index in [-0.39, 0.29) is 23.7 Å². The fourth-order valence-corrected chi connectivity index (χ4v) is 11.2. The number of ether oxygens (including phenoxy) is 2. The molecule has 4 aliphatic carbocycles. The molecule has 2 saturated heterocycles. The van der Waals surface area contributed by atoms with Crippen molar-refractivity contribution in [3.63, 3.8) is 0 Å². The lowest BCUT2D eigenvalue weighted by Gasteiger charge is -2.52. The van der Waals surface area contributed by atoms with Crippen LogP contribution in [0, 0.1) is 46.3 Å². The van der Waals surface area contributed by atoms with Crippen LogP contribution in [0.4, 0.5) is 0 Å². The first-order chi connectivity index (χ1) is 20.2. The number of benzene rings is 1. The van der Waals surface area contributed by atoms with Crippen LogP contribution in [-0.2, 0) is 20.9 Å². The number of piperidine rings is 1. The summed E-state index contributed by atoms with van der Waals surface area (Å²) in [7, 11) is 0. The molecule has 10 atom stereocenters. The first-order valence-corrected chi connectivity index (χ1v) is 17.0. The number of allylic oxidation sites excluding steroid dienone is 1. The minimum Gasteiger partial charge on any atom is -0.460 e. The lowest BCUT2D eigenvalue weighted by molar-refractivity contribution is -0.148. The molecule has 1 aromatic carbocycles. The van der Waals surface area contributed by atoms with Crippen LogP contribution < -0.4 is 0 Å². The summed E-state index contributed by atoms with van der Waals surface area (Å²) in [5.74, 6) is 3.83. The Bertz CT molecular complexity index is 1240. The third-order valence-electron chi connectivity index (χ3n) is 13.3. The van der Waals surface area contributed by atoms with Gasteiger partial charge >= 0.3 is 5.97 Å². The Balaban J connectivity index is 1.08. The standard InChI is InChI=1S/C37H52N2O3/c1-23-16-33-35(39(20-23)21-34(40)41-22-26-8-6-5-7-9-26)25(3)37(42-33)15-13-29-30-11-10-27-17-28(38)12-14-36(27,4)32(30)18-31(29)24(2)19-37/h5-9,23,25,27,29-30,32-33,35,38H,10-22H2,1-4H3/t23-,25+,27+,29-,30-,32-,33+,35-,36-,37-/m0/s1. The van der Waals surface area contributed by atoms with E-state index in [2.05, 4.69) is 32.6 Å². The normalized spacial score (nSPS) is 43.4. The summed E-state index contributed by atoms with van der Waals surface area (Å²) in [5.41, 5.74) is 5.73. The van der Waals surface area contributed by atoms with Gasteiger partial charge in [-0.1, -0.05) is 62.2 Å². The fourth-order valence-electron chi connectivity index (χ4n) is 11.2. The molecule has 3 saturated carbocycles. The minimum absolute atomic E-state index is 0.121. The van der Waals surface area contributed by atoms with Crippen LogP contribution in [0.25, 0.3) is 0 Å². The van der Waals surface area contributed by atoms with Crippen LogP contribution in [0.1, 0.15) is 97.5 Å². The molecular formula is C37H52N2O3. The van der Waals surface area contributed by atoms with Crippen molar-refractivity contribution in [3.8, 4) is 0 Å². The summed E-state index contributed by atoms with van der Waals surface area (Å²) in [4.78, 5) is 15.5. The van der Waals surface area contributed by atoms with Crippen molar-refractivity contribution in [2.45, 2.75) is 116 Å². The number of fused-ring (bicyclic) bond motifs is 6. The molecule has 2 aliphatic heterocycles. The van der Waals surface area contributed by atoms with Gasteiger partial charge in [-0.3, -0.25) is 9.69 Å². The van der Waals surface area contributed by atoms with Gasteiger partial charge in [0.2, 0.25) is 0 Å². The van der Waals surface area contributed by atoms with E-state index < -0.39 is 0 Å². The summed E-state index contributed by atoms with van der Waals surface area (Å²) < 4.78 is 13.0. The number of nitrogens with zero attached hydrogens (tertiary/aromatic N) is 1. The smallest absolute Gasteiger partial charge is 0.320 e. The van der Waals surface area contributed by atoms with E-state index in [0.717, 1.165) is 73.6 Å². The van der Waals surface area contributed by atoms with E-state index in [1.54, 1.807) is 11.1 Å². The molecule has 228 valence electrons. The van der Waals surface area contributed by atoms with Crippen LogP contribution in [0.2, 0.25) is 0 Å². The average molecular weight is 573 g/mol. The summed E-state index contributed by atoms with van der Waals surface area (Å²) in [6, 6.07) is 10.3. The van der Waals surface area contributed by atoms with E-state index in [1.807, 2.05) is 30.3 Å². The van der Waals surface area contributed by atoms with Crippen molar-refractivity contribution in [1.29, 1.82) is 5.41 Å². The molecule has 7 rings (SSSR count). The summed E-state index contributed by atoms with van der Waals surface area (Å²) >= 11 is 0. The van der Waals surface area contributed by atoms with Crippen LogP contribution in [0.3, 0.4) is 0 Å². The molecule has 0 amide bonds. The number of carbonyl (C=O) groups excluding carboxylic acids is 1. The summed E-state index contributed by atoms with van der Waals surface area (Å²) in [5, 5.41) is 8.36. The number of nitrogens with one attached hydrogen (secondary N) is 1. The maximum atomic E-state index is 13.0. The molecular weight excluding hydrogens is 520 g/mol. The molecule has 0 aromatic heterocycles. The monoisotopic (exact) mass is 572 g/mol. The molecule has 0 radical (unpaired) electrons. The molecule has 0 unspecified atom stereocenters.